The van der Waals surface area contributed by atoms with Crippen LogP contribution in [-0.4, -0.2) is 39.7 Å². The molecule has 4 rings (SSSR count). The number of rotatable bonds is 3. The van der Waals surface area contributed by atoms with Gasteiger partial charge in [-0.3, -0.25) is 4.79 Å². The molecule has 2 aromatic rings. The zero-order chi connectivity index (χ0) is 17.3. The van der Waals surface area contributed by atoms with Crippen molar-refractivity contribution in [2.45, 2.75) is 51.2 Å². The Hall–Kier alpha value is -2.21. The first-order valence-corrected chi connectivity index (χ1v) is 8.96. The summed E-state index contributed by atoms with van der Waals surface area (Å²) in [7, 11) is 0. The van der Waals surface area contributed by atoms with E-state index in [9.17, 15) is 4.79 Å². The van der Waals surface area contributed by atoms with Crippen LogP contribution in [0.3, 0.4) is 0 Å². The lowest BCUT2D eigenvalue weighted by Gasteiger charge is -2.26. The van der Waals surface area contributed by atoms with E-state index < -0.39 is 0 Å². The Labute approximate surface area is 147 Å². The lowest BCUT2D eigenvalue weighted by atomic mass is 9.92. The molecule has 2 aliphatic rings. The highest BCUT2D eigenvalue weighted by molar-refractivity contribution is 5.76. The Morgan fingerprint density at radius 2 is 2.12 bits per heavy atom. The van der Waals surface area contributed by atoms with Crippen LogP contribution in [0.25, 0.3) is 11.4 Å². The third kappa shape index (κ3) is 3.31. The second-order valence-corrected chi connectivity index (χ2v) is 7.03. The van der Waals surface area contributed by atoms with E-state index in [0.29, 0.717) is 31.2 Å². The van der Waals surface area contributed by atoms with E-state index in [1.54, 1.807) is 0 Å². The summed E-state index contributed by atoms with van der Waals surface area (Å²) < 4.78 is 11.3. The van der Waals surface area contributed by atoms with Gasteiger partial charge in [-0.2, -0.15) is 4.98 Å². The molecule has 0 N–H and O–H groups in total. The average Bonchev–Trinajstić information content (AvgIpc) is 3.24. The van der Waals surface area contributed by atoms with Crippen LogP contribution in [0, 0.1) is 6.92 Å². The van der Waals surface area contributed by atoms with Crippen molar-refractivity contribution in [3.05, 3.63) is 35.7 Å². The summed E-state index contributed by atoms with van der Waals surface area (Å²) in [6.45, 7) is 3.89. The van der Waals surface area contributed by atoms with Crippen LogP contribution in [0.15, 0.2) is 28.8 Å². The van der Waals surface area contributed by atoms with E-state index in [2.05, 4.69) is 10.1 Å². The van der Waals surface area contributed by atoms with Crippen LogP contribution in [0.2, 0.25) is 0 Å². The summed E-state index contributed by atoms with van der Waals surface area (Å²) in [5.41, 5.74) is 1.96. The van der Waals surface area contributed by atoms with Crippen molar-refractivity contribution >= 4 is 5.91 Å². The predicted molar refractivity (Wildman–Crippen MR) is 91.7 cm³/mol. The Balaban J connectivity index is 1.47. The van der Waals surface area contributed by atoms with Crippen molar-refractivity contribution in [2.75, 3.05) is 13.2 Å². The van der Waals surface area contributed by atoms with Gasteiger partial charge in [-0.25, -0.2) is 0 Å². The van der Waals surface area contributed by atoms with Gasteiger partial charge >= 0.3 is 0 Å². The first kappa shape index (κ1) is 16.3. The Bertz CT molecular complexity index is 765. The molecule has 1 aromatic carbocycles. The Morgan fingerprint density at radius 1 is 1.24 bits per heavy atom. The fraction of sp³-hybridized carbons (Fsp3) is 0.526. The number of aryl methyl sites for hydroxylation is 1. The van der Waals surface area contributed by atoms with E-state index in [1.165, 1.54) is 0 Å². The third-order valence-corrected chi connectivity index (χ3v) is 5.35. The van der Waals surface area contributed by atoms with Gasteiger partial charge in [0.25, 0.3) is 0 Å². The monoisotopic (exact) mass is 341 g/mol. The highest BCUT2D eigenvalue weighted by atomic mass is 16.5. The molecule has 3 heterocycles. The van der Waals surface area contributed by atoms with Crippen LogP contribution in [0.1, 0.15) is 43.6 Å². The topological polar surface area (TPSA) is 68.5 Å². The molecule has 1 atom stereocenters. The number of carbonyl (C=O) groups is 1. The van der Waals surface area contributed by atoms with Gasteiger partial charge in [0.15, 0.2) is 0 Å². The predicted octanol–water partition coefficient (Wildman–Crippen LogP) is 3.11. The molecule has 0 saturated carbocycles. The standard InChI is InChI=1S/C19H23N3O3/c1-14-5-2-3-6-15(14)18-20-16(25-21-18)13-22-11-10-19(8-4-12-24-19)9-7-17(22)23/h2-3,5-6H,4,7-13H2,1H3. The molecule has 1 aromatic heterocycles. The molecule has 0 radical (unpaired) electrons. The zero-order valence-corrected chi connectivity index (χ0v) is 14.5. The largest absolute Gasteiger partial charge is 0.375 e. The molecule has 2 saturated heterocycles. The number of nitrogens with zero attached hydrogens (tertiary/aromatic N) is 3. The number of benzene rings is 1. The van der Waals surface area contributed by atoms with E-state index in [0.717, 1.165) is 43.4 Å². The van der Waals surface area contributed by atoms with Crippen molar-refractivity contribution in [2.24, 2.45) is 0 Å². The molecule has 2 aliphatic heterocycles. The van der Waals surface area contributed by atoms with E-state index in [-0.39, 0.29) is 11.5 Å². The quantitative estimate of drug-likeness (QED) is 0.858. The second kappa shape index (κ2) is 6.59. The Kier molecular flexibility index (Phi) is 4.29. The van der Waals surface area contributed by atoms with Crippen LogP contribution in [-0.2, 0) is 16.1 Å². The number of ether oxygens (including phenoxy) is 1. The van der Waals surface area contributed by atoms with Crippen molar-refractivity contribution in [1.29, 1.82) is 0 Å². The number of aromatic nitrogens is 2. The number of hydrogen-bond acceptors (Lipinski definition) is 5. The molecule has 2 fully saturated rings. The molecular weight excluding hydrogens is 318 g/mol. The minimum absolute atomic E-state index is 0.0917. The first-order valence-electron chi connectivity index (χ1n) is 8.96. The third-order valence-electron chi connectivity index (χ3n) is 5.35. The number of likely N-dealkylation sites (tertiary alicyclic amines) is 1. The SMILES string of the molecule is Cc1ccccc1-c1noc(CN2CCC3(CCCO3)CCC2=O)n1. The van der Waals surface area contributed by atoms with E-state index in [4.69, 9.17) is 9.26 Å². The smallest absolute Gasteiger partial charge is 0.246 e. The zero-order valence-electron chi connectivity index (χ0n) is 14.5. The van der Waals surface area contributed by atoms with Gasteiger partial charge in [-0.15, -0.1) is 0 Å². The summed E-state index contributed by atoms with van der Waals surface area (Å²) in [4.78, 5) is 18.8. The van der Waals surface area contributed by atoms with E-state index in [1.807, 2.05) is 36.1 Å². The lowest BCUT2D eigenvalue weighted by molar-refractivity contribution is -0.131. The number of hydrogen-bond donors (Lipinski definition) is 0. The molecular formula is C19H23N3O3. The van der Waals surface area contributed by atoms with Crippen molar-refractivity contribution in [3.8, 4) is 11.4 Å². The highest BCUT2D eigenvalue weighted by Crippen LogP contribution is 2.36. The molecule has 0 bridgehead atoms. The minimum Gasteiger partial charge on any atom is -0.375 e. The molecule has 1 unspecified atom stereocenters. The molecule has 6 heteroatoms. The van der Waals surface area contributed by atoms with Gasteiger partial charge in [0.2, 0.25) is 17.6 Å². The van der Waals surface area contributed by atoms with Gasteiger partial charge in [-0.05, 0) is 38.2 Å². The summed E-state index contributed by atoms with van der Waals surface area (Å²) in [5, 5.41) is 4.08. The molecule has 25 heavy (non-hydrogen) atoms. The molecule has 0 aliphatic carbocycles. The van der Waals surface area contributed by atoms with E-state index >= 15 is 0 Å². The maximum atomic E-state index is 12.5. The van der Waals surface area contributed by atoms with Gasteiger partial charge in [0.1, 0.15) is 0 Å². The van der Waals surface area contributed by atoms with Gasteiger partial charge in [0.05, 0.1) is 12.1 Å². The normalized spacial score (nSPS) is 24.0. The van der Waals surface area contributed by atoms with Crippen molar-refractivity contribution < 1.29 is 14.1 Å². The molecule has 6 nitrogen and oxygen atoms in total. The number of carbonyl (C=O) groups excluding carboxylic acids is 1. The van der Waals surface area contributed by atoms with Crippen molar-refractivity contribution in [1.82, 2.24) is 15.0 Å². The van der Waals surface area contributed by atoms with Crippen LogP contribution < -0.4 is 0 Å². The summed E-state index contributed by atoms with van der Waals surface area (Å²) >= 11 is 0. The fourth-order valence-corrected chi connectivity index (χ4v) is 3.81. The van der Waals surface area contributed by atoms with Gasteiger partial charge in [-0.1, -0.05) is 29.4 Å². The fourth-order valence-electron chi connectivity index (χ4n) is 3.81. The molecule has 132 valence electrons. The summed E-state index contributed by atoms with van der Waals surface area (Å²) in [6, 6.07) is 7.93. The Morgan fingerprint density at radius 3 is 2.92 bits per heavy atom. The minimum atomic E-state index is -0.0917. The van der Waals surface area contributed by atoms with Crippen LogP contribution in [0.5, 0.6) is 0 Å². The number of amides is 1. The van der Waals surface area contributed by atoms with Crippen LogP contribution in [0.4, 0.5) is 0 Å². The lowest BCUT2D eigenvalue weighted by Crippen LogP contribution is -2.32. The van der Waals surface area contributed by atoms with Gasteiger partial charge in [0, 0.05) is 25.1 Å². The summed E-state index contributed by atoms with van der Waals surface area (Å²) in [5.74, 6) is 1.20. The van der Waals surface area contributed by atoms with Crippen molar-refractivity contribution in [3.63, 3.8) is 0 Å². The first-order chi connectivity index (χ1) is 12.2. The molecule has 1 amide bonds. The maximum Gasteiger partial charge on any atom is 0.246 e. The van der Waals surface area contributed by atoms with Gasteiger partial charge < -0.3 is 14.2 Å². The highest BCUT2D eigenvalue weighted by Gasteiger charge is 2.38. The van der Waals surface area contributed by atoms with Crippen LogP contribution >= 0.6 is 0 Å². The summed E-state index contributed by atoms with van der Waals surface area (Å²) in [6.07, 6.45) is 4.39. The average molecular weight is 341 g/mol. The molecule has 1 spiro atoms. The maximum absolute atomic E-state index is 12.5. The second-order valence-electron chi connectivity index (χ2n) is 7.03.